The highest BCUT2D eigenvalue weighted by Crippen LogP contribution is 2.47. The van der Waals surface area contributed by atoms with Crippen LogP contribution in [0.1, 0.15) is 44.9 Å². The Hall–Kier alpha value is -2.98. The Labute approximate surface area is 207 Å². The predicted molar refractivity (Wildman–Crippen MR) is 126 cm³/mol. The highest BCUT2D eigenvalue weighted by Gasteiger charge is 2.50. The highest BCUT2D eigenvalue weighted by molar-refractivity contribution is 7.91. The molecule has 0 radical (unpaired) electrons. The zero-order valence-electron chi connectivity index (χ0n) is 20.3. The van der Waals surface area contributed by atoms with Gasteiger partial charge in [-0.1, -0.05) is 0 Å². The number of halogens is 2. The van der Waals surface area contributed by atoms with E-state index in [0.29, 0.717) is 56.4 Å². The molecule has 36 heavy (non-hydrogen) atoms. The topological polar surface area (TPSA) is 86.0 Å². The molecular formula is C26H27F2NO6S. The fourth-order valence-corrected chi connectivity index (χ4v) is 6.41. The molecule has 192 valence electrons. The van der Waals surface area contributed by atoms with Gasteiger partial charge >= 0.3 is 6.09 Å². The summed E-state index contributed by atoms with van der Waals surface area (Å²) in [5, 5.41) is 0.740. The lowest BCUT2D eigenvalue weighted by Gasteiger charge is -2.47. The zero-order valence-corrected chi connectivity index (χ0v) is 21.1. The number of hydrogen-bond donors (Lipinski definition) is 0. The van der Waals surface area contributed by atoms with Crippen LogP contribution < -0.4 is 0 Å². The van der Waals surface area contributed by atoms with Gasteiger partial charge < -0.3 is 13.9 Å². The fraction of sp³-hybridized carbons (Fsp3) is 0.423. The predicted octanol–water partition coefficient (Wildman–Crippen LogP) is 5.34. The minimum atomic E-state index is -4.20. The third-order valence-corrected chi connectivity index (χ3v) is 8.41. The van der Waals surface area contributed by atoms with Crippen LogP contribution in [0.5, 0.6) is 0 Å². The molecule has 5 rings (SSSR count). The summed E-state index contributed by atoms with van der Waals surface area (Å²) < 4.78 is 71.3. The van der Waals surface area contributed by atoms with Crippen LogP contribution >= 0.6 is 0 Å². The summed E-state index contributed by atoms with van der Waals surface area (Å²) >= 11 is 0. The summed E-state index contributed by atoms with van der Waals surface area (Å²) in [6, 6.07) is 6.61. The first-order valence-corrected chi connectivity index (χ1v) is 13.2. The van der Waals surface area contributed by atoms with Crippen molar-refractivity contribution in [3.8, 4) is 0 Å². The van der Waals surface area contributed by atoms with Gasteiger partial charge in [0.25, 0.3) is 0 Å². The second-order valence-electron chi connectivity index (χ2n) is 10.2. The molecule has 3 heterocycles. The molecule has 3 aromatic rings. The number of benzene rings is 2. The average molecular weight is 520 g/mol. The Bertz CT molecular complexity index is 1430. The molecule has 7 nitrogen and oxygen atoms in total. The van der Waals surface area contributed by atoms with E-state index < -0.39 is 43.6 Å². The van der Waals surface area contributed by atoms with Crippen molar-refractivity contribution in [1.29, 1.82) is 0 Å². The van der Waals surface area contributed by atoms with E-state index in [1.807, 2.05) is 20.8 Å². The minimum absolute atomic E-state index is 0.142. The SMILES string of the molecule is CC(C)(C)OC(=O)N1CCc2c(oc3cc(S(=O)(=O)c4cc(F)cc(F)c4)ccc23)C12CCOCC2. The summed E-state index contributed by atoms with van der Waals surface area (Å²) in [6.07, 6.45) is 1.08. The number of hydrogen-bond acceptors (Lipinski definition) is 6. The molecule has 10 heteroatoms. The smallest absolute Gasteiger partial charge is 0.411 e. The van der Waals surface area contributed by atoms with Crippen LogP contribution in [-0.4, -0.2) is 44.8 Å². The molecule has 0 aliphatic carbocycles. The normalized spacial score (nSPS) is 17.9. The van der Waals surface area contributed by atoms with Gasteiger partial charge in [-0.25, -0.2) is 22.0 Å². The number of ether oxygens (including phenoxy) is 2. The van der Waals surface area contributed by atoms with Gasteiger partial charge in [-0.2, -0.15) is 0 Å². The Morgan fingerprint density at radius 2 is 1.69 bits per heavy atom. The zero-order chi connectivity index (χ0) is 25.9. The largest absolute Gasteiger partial charge is 0.458 e. The molecule has 0 bridgehead atoms. The van der Waals surface area contributed by atoms with Crippen LogP contribution in [0.15, 0.2) is 50.6 Å². The number of fused-ring (bicyclic) bond motifs is 4. The maximum absolute atomic E-state index is 13.7. The summed E-state index contributed by atoms with van der Waals surface area (Å²) in [5.74, 6) is -1.36. The van der Waals surface area contributed by atoms with E-state index in [4.69, 9.17) is 13.9 Å². The van der Waals surface area contributed by atoms with Gasteiger partial charge in [0.2, 0.25) is 9.84 Å². The van der Waals surface area contributed by atoms with Gasteiger partial charge in [0.05, 0.1) is 9.79 Å². The molecule has 0 atom stereocenters. The quantitative estimate of drug-likeness (QED) is 0.454. The molecular weight excluding hydrogens is 492 g/mol. The molecule has 1 fully saturated rings. The molecule has 1 spiro atoms. The maximum atomic E-state index is 13.7. The van der Waals surface area contributed by atoms with E-state index in [-0.39, 0.29) is 4.90 Å². The van der Waals surface area contributed by atoms with Crippen LogP contribution in [0.2, 0.25) is 0 Å². The number of nitrogens with zero attached hydrogens (tertiary/aromatic N) is 1. The third-order valence-electron chi connectivity index (χ3n) is 6.68. The van der Waals surface area contributed by atoms with Crippen molar-refractivity contribution in [3.05, 3.63) is 59.4 Å². The van der Waals surface area contributed by atoms with E-state index >= 15 is 0 Å². The van der Waals surface area contributed by atoms with Crippen LogP contribution in [-0.2, 0) is 31.3 Å². The number of rotatable bonds is 2. The van der Waals surface area contributed by atoms with Crippen LogP contribution in [0, 0.1) is 11.6 Å². The van der Waals surface area contributed by atoms with Crippen molar-refractivity contribution in [2.24, 2.45) is 0 Å². The van der Waals surface area contributed by atoms with Gasteiger partial charge in [-0.15, -0.1) is 0 Å². The summed E-state index contributed by atoms with van der Waals surface area (Å²) in [6.45, 7) is 6.71. The molecule has 0 saturated carbocycles. The summed E-state index contributed by atoms with van der Waals surface area (Å²) in [4.78, 5) is 14.3. The van der Waals surface area contributed by atoms with Gasteiger partial charge in [0, 0.05) is 55.7 Å². The third kappa shape index (κ3) is 4.16. The van der Waals surface area contributed by atoms with E-state index in [0.717, 1.165) is 23.1 Å². The Morgan fingerprint density at radius 1 is 1.03 bits per heavy atom. The van der Waals surface area contributed by atoms with Crippen molar-refractivity contribution in [2.75, 3.05) is 19.8 Å². The number of amides is 1. The number of carbonyl (C=O) groups excluding carboxylic acids is 1. The van der Waals surface area contributed by atoms with Crippen LogP contribution in [0.4, 0.5) is 13.6 Å². The first kappa shape index (κ1) is 24.7. The lowest BCUT2D eigenvalue weighted by molar-refractivity contribution is -0.0598. The van der Waals surface area contributed by atoms with Crippen LogP contribution in [0.25, 0.3) is 11.0 Å². The van der Waals surface area contributed by atoms with E-state index in [1.54, 1.807) is 11.0 Å². The van der Waals surface area contributed by atoms with Crippen molar-refractivity contribution in [3.63, 3.8) is 0 Å². The second-order valence-corrected chi connectivity index (χ2v) is 12.2. The molecule has 1 saturated heterocycles. The first-order chi connectivity index (χ1) is 16.9. The molecule has 0 unspecified atom stereocenters. The molecule has 2 aromatic carbocycles. The number of sulfone groups is 1. The van der Waals surface area contributed by atoms with Gasteiger partial charge in [-0.05, 0) is 51.5 Å². The standard InChI is InChI=1S/C26H27F2NO6S/c1-25(2,3)35-24(30)29-9-6-21-20-5-4-18(36(31,32)19-13-16(27)12-17(28)14-19)15-22(20)34-23(21)26(29)7-10-33-11-8-26/h4-5,12-15H,6-11H2,1-3H3. The first-order valence-electron chi connectivity index (χ1n) is 11.8. The average Bonchev–Trinajstić information content (AvgIpc) is 3.17. The minimum Gasteiger partial charge on any atom is -0.458 e. The van der Waals surface area contributed by atoms with Crippen molar-refractivity contribution < 1.29 is 35.9 Å². The molecule has 2 aliphatic heterocycles. The molecule has 2 aliphatic rings. The lowest BCUT2D eigenvalue weighted by Crippen LogP contribution is -2.56. The molecule has 1 amide bonds. The van der Waals surface area contributed by atoms with Gasteiger partial charge in [0.15, 0.2) is 0 Å². The second kappa shape index (κ2) is 8.55. The Morgan fingerprint density at radius 3 is 2.33 bits per heavy atom. The van der Waals surface area contributed by atoms with Gasteiger partial charge in [-0.3, -0.25) is 4.90 Å². The monoisotopic (exact) mass is 519 g/mol. The fourth-order valence-electron chi connectivity index (χ4n) is 5.09. The highest BCUT2D eigenvalue weighted by atomic mass is 32.2. The Balaban J connectivity index is 1.60. The summed E-state index contributed by atoms with van der Waals surface area (Å²) in [5.41, 5.74) is -0.211. The number of carbonyl (C=O) groups is 1. The summed E-state index contributed by atoms with van der Waals surface area (Å²) in [7, 11) is -4.20. The van der Waals surface area contributed by atoms with Crippen molar-refractivity contribution in [1.82, 2.24) is 4.90 Å². The van der Waals surface area contributed by atoms with E-state index in [1.165, 1.54) is 12.1 Å². The van der Waals surface area contributed by atoms with Crippen molar-refractivity contribution >= 4 is 26.9 Å². The van der Waals surface area contributed by atoms with E-state index in [2.05, 4.69) is 0 Å². The van der Waals surface area contributed by atoms with Crippen molar-refractivity contribution in [2.45, 2.75) is 61.0 Å². The maximum Gasteiger partial charge on any atom is 0.411 e. The van der Waals surface area contributed by atoms with Gasteiger partial charge in [0.1, 0.15) is 34.1 Å². The molecule has 1 aromatic heterocycles. The Kier molecular flexibility index (Phi) is 5.87. The van der Waals surface area contributed by atoms with E-state index in [9.17, 15) is 22.0 Å². The van der Waals surface area contributed by atoms with Crippen LogP contribution in [0.3, 0.4) is 0 Å². The molecule has 0 N–H and O–H groups in total. The number of furan rings is 1. The lowest BCUT2D eigenvalue weighted by atomic mass is 9.80.